The first-order chi connectivity index (χ1) is 9.84. The summed E-state index contributed by atoms with van der Waals surface area (Å²) in [5.74, 6) is -1.29. The predicted molar refractivity (Wildman–Crippen MR) is 74.8 cm³/mol. The number of nitrogens with one attached hydrogen (secondary N) is 1. The Kier molecular flexibility index (Phi) is 4.87. The molecule has 8 heteroatoms. The van der Waals surface area contributed by atoms with E-state index >= 15 is 0 Å². The fraction of sp³-hybridized carbons (Fsp3) is 0.692. The van der Waals surface area contributed by atoms with Crippen molar-refractivity contribution in [1.29, 1.82) is 0 Å². The van der Waals surface area contributed by atoms with Gasteiger partial charge in [0.2, 0.25) is 5.82 Å². The molecule has 1 atom stereocenters. The highest BCUT2D eigenvalue weighted by Crippen LogP contribution is 2.27. The Bertz CT molecular complexity index is 471. The molecule has 1 unspecified atom stereocenters. The molecule has 2 heterocycles. The SMILES string of the molecule is CC(CN1CCCCC1)Nc1cc(N)nc(C(F)(F)F)n1. The summed E-state index contributed by atoms with van der Waals surface area (Å²) in [6.07, 6.45) is -1.01. The molecule has 1 fully saturated rings. The molecule has 0 amide bonds. The Morgan fingerprint density at radius 3 is 2.57 bits per heavy atom. The van der Waals surface area contributed by atoms with Gasteiger partial charge >= 0.3 is 6.18 Å². The van der Waals surface area contributed by atoms with Crippen molar-refractivity contribution in [3.8, 4) is 0 Å². The number of nitrogen functional groups attached to an aromatic ring is 1. The molecule has 1 saturated heterocycles. The van der Waals surface area contributed by atoms with Crippen LogP contribution in [0.25, 0.3) is 0 Å². The van der Waals surface area contributed by atoms with E-state index in [2.05, 4.69) is 20.2 Å². The number of alkyl halides is 3. The van der Waals surface area contributed by atoms with Crippen LogP contribution in [0.1, 0.15) is 32.0 Å². The van der Waals surface area contributed by atoms with Gasteiger partial charge in [-0.3, -0.25) is 0 Å². The Morgan fingerprint density at radius 2 is 1.95 bits per heavy atom. The van der Waals surface area contributed by atoms with E-state index in [0.717, 1.165) is 19.6 Å². The minimum absolute atomic E-state index is 0.0153. The number of anilines is 2. The van der Waals surface area contributed by atoms with Gasteiger partial charge in [-0.1, -0.05) is 6.42 Å². The van der Waals surface area contributed by atoms with E-state index in [1.165, 1.54) is 25.3 Å². The molecule has 5 nitrogen and oxygen atoms in total. The van der Waals surface area contributed by atoms with Gasteiger partial charge in [-0.15, -0.1) is 0 Å². The average molecular weight is 303 g/mol. The Labute approximate surface area is 121 Å². The van der Waals surface area contributed by atoms with Gasteiger partial charge in [0.25, 0.3) is 0 Å². The second-order valence-electron chi connectivity index (χ2n) is 5.41. The molecular formula is C13H20F3N5. The number of nitrogens with two attached hydrogens (primary N) is 1. The number of hydrogen-bond donors (Lipinski definition) is 2. The number of nitrogens with zero attached hydrogens (tertiary/aromatic N) is 3. The van der Waals surface area contributed by atoms with Crippen molar-refractivity contribution in [2.75, 3.05) is 30.7 Å². The first-order valence-corrected chi connectivity index (χ1v) is 7.05. The van der Waals surface area contributed by atoms with Gasteiger partial charge < -0.3 is 16.0 Å². The molecule has 3 N–H and O–H groups in total. The maximum absolute atomic E-state index is 12.6. The quantitative estimate of drug-likeness (QED) is 0.894. The smallest absolute Gasteiger partial charge is 0.384 e. The summed E-state index contributed by atoms with van der Waals surface area (Å²) >= 11 is 0. The van der Waals surface area contributed by atoms with Crippen LogP contribution in [-0.4, -0.2) is 40.5 Å². The summed E-state index contributed by atoms with van der Waals surface area (Å²) in [5.41, 5.74) is 5.41. The zero-order valence-electron chi connectivity index (χ0n) is 12.0. The van der Waals surface area contributed by atoms with Crippen LogP contribution in [0.15, 0.2) is 6.07 Å². The minimum atomic E-state index is -4.60. The highest BCUT2D eigenvalue weighted by molar-refractivity contribution is 5.45. The summed E-state index contributed by atoms with van der Waals surface area (Å²) in [4.78, 5) is 9.01. The third-order valence-corrected chi connectivity index (χ3v) is 3.37. The average Bonchev–Trinajstić information content (AvgIpc) is 2.37. The molecule has 2 rings (SSSR count). The van der Waals surface area contributed by atoms with Gasteiger partial charge in [-0.25, -0.2) is 9.97 Å². The van der Waals surface area contributed by atoms with Gasteiger partial charge in [0.1, 0.15) is 11.6 Å². The predicted octanol–water partition coefficient (Wildman–Crippen LogP) is 2.36. The molecule has 1 aromatic heterocycles. The standard InChI is InChI=1S/C13H20F3N5/c1-9(8-21-5-3-2-4-6-21)18-11-7-10(17)19-12(20-11)13(14,15)16/h7,9H,2-6,8H2,1H3,(H3,17,18,19,20). The molecule has 118 valence electrons. The molecular weight excluding hydrogens is 283 g/mol. The number of aromatic nitrogens is 2. The zero-order chi connectivity index (χ0) is 15.5. The van der Waals surface area contributed by atoms with Crippen molar-refractivity contribution in [3.63, 3.8) is 0 Å². The monoisotopic (exact) mass is 303 g/mol. The number of likely N-dealkylation sites (tertiary alicyclic amines) is 1. The molecule has 1 aliphatic rings. The summed E-state index contributed by atoms with van der Waals surface area (Å²) < 4.78 is 37.9. The highest BCUT2D eigenvalue weighted by Gasteiger charge is 2.35. The molecule has 0 spiro atoms. The van der Waals surface area contributed by atoms with Crippen LogP contribution in [0.2, 0.25) is 0 Å². The summed E-state index contributed by atoms with van der Waals surface area (Å²) in [7, 11) is 0. The Morgan fingerprint density at radius 1 is 1.29 bits per heavy atom. The number of piperidine rings is 1. The first kappa shape index (κ1) is 15.8. The van der Waals surface area contributed by atoms with Crippen LogP contribution in [0.5, 0.6) is 0 Å². The molecule has 0 aromatic carbocycles. The maximum Gasteiger partial charge on any atom is 0.451 e. The topological polar surface area (TPSA) is 67.1 Å². The van der Waals surface area contributed by atoms with Crippen molar-refractivity contribution in [2.24, 2.45) is 0 Å². The van der Waals surface area contributed by atoms with E-state index in [1.807, 2.05) is 6.92 Å². The Balaban J connectivity index is 1.99. The van der Waals surface area contributed by atoms with Crippen LogP contribution in [0, 0.1) is 0 Å². The molecule has 0 aliphatic carbocycles. The highest BCUT2D eigenvalue weighted by atomic mass is 19.4. The fourth-order valence-corrected chi connectivity index (χ4v) is 2.49. The van der Waals surface area contributed by atoms with E-state index in [-0.39, 0.29) is 17.7 Å². The van der Waals surface area contributed by atoms with Gasteiger partial charge in [0.05, 0.1) is 0 Å². The minimum Gasteiger partial charge on any atom is -0.384 e. The van der Waals surface area contributed by atoms with E-state index in [9.17, 15) is 13.2 Å². The normalized spacial score (nSPS) is 18.5. The molecule has 0 radical (unpaired) electrons. The van der Waals surface area contributed by atoms with Crippen LogP contribution in [0.3, 0.4) is 0 Å². The van der Waals surface area contributed by atoms with E-state index < -0.39 is 12.0 Å². The third-order valence-electron chi connectivity index (χ3n) is 3.37. The van der Waals surface area contributed by atoms with Crippen LogP contribution in [-0.2, 0) is 6.18 Å². The van der Waals surface area contributed by atoms with Crippen LogP contribution >= 0.6 is 0 Å². The number of hydrogen-bond acceptors (Lipinski definition) is 5. The maximum atomic E-state index is 12.6. The molecule has 21 heavy (non-hydrogen) atoms. The van der Waals surface area contributed by atoms with E-state index in [0.29, 0.717) is 0 Å². The molecule has 1 aliphatic heterocycles. The Hall–Kier alpha value is -1.57. The second-order valence-corrected chi connectivity index (χ2v) is 5.41. The summed E-state index contributed by atoms with van der Waals surface area (Å²) in [6, 6.07) is 1.31. The molecule has 1 aromatic rings. The van der Waals surface area contributed by atoms with Gasteiger partial charge in [0.15, 0.2) is 0 Å². The number of rotatable bonds is 4. The van der Waals surface area contributed by atoms with Crippen molar-refractivity contribution < 1.29 is 13.2 Å². The second kappa shape index (κ2) is 6.46. The van der Waals surface area contributed by atoms with Crippen molar-refractivity contribution >= 4 is 11.6 Å². The van der Waals surface area contributed by atoms with Crippen molar-refractivity contribution in [3.05, 3.63) is 11.9 Å². The largest absolute Gasteiger partial charge is 0.451 e. The lowest BCUT2D eigenvalue weighted by atomic mass is 10.1. The fourth-order valence-electron chi connectivity index (χ4n) is 2.49. The van der Waals surface area contributed by atoms with E-state index in [1.54, 1.807) is 0 Å². The first-order valence-electron chi connectivity index (χ1n) is 7.05. The molecule has 0 saturated carbocycles. The van der Waals surface area contributed by atoms with E-state index in [4.69, 9.17) is 5.73 Å². The van der Waals surface area contributed by atoms with Gasteiger partial charge in [-0.05, 0) is 32.9 Å². The lowest BCUT2D eigenvalue weighted by molar-refractivity contribution is -0.144. The van der Waals surface area contributed by atoms with Crippen LogP contribution < -0.4 is 11.1 Å². The van der Waals surface area contributed by atoms with Crippen LogP contribution in [0.4, 0.5) is 24.8 Å². The lowest BCUT2D eigenvalue weighted by Gasteiger charge is -2.29. The van der Waals surface area contributed by atoms with Gasteiger partial charge in [-0.2, -0.15) is 13.2 Å². The van der Waals surface area contributed by atoms with Gasteiger partial charge in [0, 0.05) is 18.7 Å². The van der Waals surface area contributed by atoms with Crippen molar-refractivity contribution in [1.82, 2.24) is 14.9 Å². The lowest BCUT2D eigenvalue weighted by Crippen LogP contribution is -2.38. The summed E-state index contributed by atoms with van der Waals surface area (Å²) in [5, 5.41) is 2.97. The zero-order valence-corrected chi connectivity index (χ0v) is 12.0. The number of halogens is 3. The summed E-state index contributed by atoms with van der Waals surface area (Å²) in [6.45, 7) is 4.75. The molecule has 0 bridgehead atoms. The third kappa shape index (κ3) is 4.73. The van der Waals surface area contributed by atoms with Crippen molar-refractivity contribution in [2.45, 2.75) is 38.4 Å².